The lowest BCUT2D eigenvalue weighted by atomic mass is 10.1. The van der Waals surface area contributed by atoms with Gasteiger partial charge >= 0.3 is 0 Å². The lowest BCUT2D eigenvalue weighted by molar-refractivity contribution is -0.117. The number of anilines is 1. The van der Waals surface area contributed by atoms with Gasteiger partial charge in [-0.05, 0) is 34.5 Å². The van der Waals surface area contributed by atoms with Crippen LogP contribution in [0.3, 0.4) is 0 Å². The number of aryl methyl sites for hydroxylation is 1. The molecule has 0 bridgehead atoms. The fourth-order valence-electron chi connectivity index (χ4n) is 1.83. The first kappa shape index (κ1) is 11.3. The van der Waals surface area contributed by atoms with E-state index in [-0.39, 0.29) is 11.8 Å². The number of amides is 1. The van der Waals surface area contributed by atoms with Crippen LogP contribution in [0.25, 0.3) is 0 Å². The van der Waals surface area contributed by atoms with Crippen molar-refractivity contribution in [2.75, 3.05) is 11.4 Å². The minimum absolute atomic E-state index is 0.147. The molecule has 1 atom stereocenters. The molecule has 3 nitrogen and oxygen atoms in total. The molecule has 1 aromatic heterocycles. The summed E-state index contributed by atoms with van der Waals surface area (Å²) in [5.74, 6) is 0.407. The standard InChI is InChI=1S/C12H13BrN2O/c1-3-9-5-11(16)15(7-9)10-4-8(2)12(13)14-6-10/h3-4,6,9H,1,5,7H2,2H3. The van der Waals surface area contributed by atoms with E-state index in [2.05, 4.69) is 27.5 Å². The Morgan fingerprint density at radius 2 is 2.44 bits per heavy atom. The van der Waals surface area contributed by atoms with E-state index in [9.17, 15) is 4.79 Å². The molecule has 2 heterocycles. The van der Waals surface area contributed by atoms with Gasteiger partial charge in [-0.2, -0.15) is 0 Å². The van der Waals surface area contributed by atoms with E-state index >= 15 is 0 Å². The third-order valence-corrected chi connectivity index (χ3v) is 3.63. The van der Waals surface area contributed by atoms with E-state index in [0.717, 1.165) is 15.9 Å². The maximum atomic E-state index is 11.8. The highest BCUT2D eigenvalue weighted by Crippen LogP contribution is 2.27. The summed E-state index contributed by atoms with van der Waals surface area (Å²) < 4.78 is 0.822. The zero-order valence-corrected chi connectivity index (χ0v) is 10.7. The fourth-order valence-corrected chi connectivity index (χ4v) is 2.05. The van der Waals surface area contributed by atoms with Crippen molar-refractivity contribution in [3.05, 3.63) is 35.1 Å². The van der Waals surface area contributed by atoms with Crippen molar-refractivity contribution in [3.63, 3.8) is 0 Å². The Hall–Kier alpha value is -1.16. The van der Waals surface area contributed by atoms with E-state index in [4.69, 9.17) is 0 Å². The quantitative estimate of drug-likeness (QED) is 0.617. The molecule has 1 aliphatic rings. The van der Waals surface area contributed by atoms with E-state index in [1.807, 2.05) is 19.1 Å². The highest BCUT2D eigenvalue weighted by atomic mass is 79.9. The summed E-state index contributed by atoms with van der Waals surface area (Å²) in [6.45, 7) is 6.41. The third kappa shape index (κ3) is 2.02. The number of hydrogen-bond acceptors (Lipinski definition) is 2. The summed E-state index contributed by atoms with van der Waals surface area (Å²) in [5, 5.41) is 0. The smallest absolute Gasteiger partial charge is 0.227 e. The van der Waals surface area contributed by atoms with Crippen LogP contribution in [-0.4, -0.2) is 17.4 Å². The molecule has 0 saturated carbocycles. The lowest BCUT2D eigenvalue weighted by Crippen LogP contribution is -2.24. The predicted octanol–water partition coefficient (Wildman–Crippen LogP) is 2.69. The molecule has 1 aliphatic heterocycles. The number of carbonyl (C=O) groups is 1. The van der Waals surface area contributed by atoms with Crippen molar-refractivity contribution < 1.29 is 4.79 Å². The molecule has 1 fully saturated rings. The number of aromatic nitrogens is 1. The molecule has 0 aliphatic carbocycles. The molecule has 1 saturated heterocycles. The number of rotatable bonds is 2. The monoisotopic (exact) mass is 280 g/mol. The molecule has 84 valence electrons. The molecule has 0 spiro atoms. The zero-order valence-electron chi connectivity index (χ0n) is 9.11. The Labute approximate surface area is 103 Å². The van der Waals surface area contributed by atoms with Gasteiger partial charge < -0.3 is 4.90 Å². The lowest BCUT2D eigenvalue weighted by Gasteiger charge is -2.16. The molecule has 4 heteroatoms. The molecule has 1 aromatic rings. The second-order valence-corrected chi connectivity index (χ2v) is 4.76. The van der Waals surface area contributed by atoms with Gasteiger partial charge in [0.05, 0.1) is 11.9 Å². The molecule has 1 amide bonds. The van der Waals surface area contributed by atoms with Crippen molar-refractivity contribution in [1.29, 1.82) is 0 Å². The highest BCUT2D eigenvalue weighted by molar-refractivity contribution is 9.10. The second kappa shape index (κ2) is 4.37. The van der Waals surface area contributed by atoms with Crippen molar-refractivity contribution >= 4 is 27.5 Å². The van der Waals surface area contributed by atoms with Crippen molar-refractivity contribution in [2.24, 2.45) is 5.92 Å². The van der Waals surface area contributed by atoms with Crippen LogP contribution in [-0.2, 0) is 4.79 Å². The van der Waals surface area contributed by atoms with Gasteiger partial charge in [0.15, 0.2) is 0 Å². The Morgan fingerprint density at radius 1 is 1.69 bits per heavy atom. The molecule has 16 heavy (non-hydrogen) atoms. The van der Waals surface area contributed by atoms with Crippen LogP contribution in [0.5, 0.6) is 0 Å². The van der Waals surface area contributed by atoms with Crippen LogP contribution in [0.2, 0.25) is 0 Å². The van der Waals surface area contributed by atoms with Crippen molar-refractivity contribution in [3.8, 4) is 0 Å². The van der Waals surface area contributed by atoms with Gasteiger partial charge in [-0.3, -0.25) is 4.79 Å². The summed E-state index contributed by atoms with van der Waals surface area (Å²) in [5.41, 5.74) is 1.91. The summed E-state index contributed by atoms with van der Waals surface area (Å²) in [6, 6.07) is 1.97. The highest BCUT2D eigenvalue weighted by Gasteiger charge is 2.28. The first-order valence-electron chi connectivity index (χ1n) is 5.17. The minimum atomic E-state index is 0.147. The Bertz CT molecular complexity index is 445. The van der Waals surface area contributed by atoms with Gasteiger partial charge in [0, 0.05) is 18.9 Å². The first-order chi connectivity index (χ1) is 7.61. The van der Waals surface area contributed by atoms with Crippen LogP contribution in [0.15, 0.2) is 29.5 Å². The van der Waals surface area contributed by atoms with Crippen LogP contribution in [0.4, 0.5) is 5.69 Å². The van der Waals surface area contributed by atoms with Crippen LogP contribution < -0.4 is 4.90 Å². The number of hydrogen-bond donors (Lipinski definition) is 0. The summed E-state index contributed by atoms with van der Waals surface area (Å²) in [7, 11) is 0. The molecule has 0 aromatic carbocycles. The third-order valence-electron chi connectivity index (χ3n) is 2.80. The maximum absolute atomic E-state index is 11.8. The zero-order chi connectivity index (χ0) is 11.7. The maximum Gasteiger partial charge on any atom is 0.227 e. The number of nitrogens with zero attached hydrogens (tertiary/aromatic N) is 2. The van der Waals surface area contributed by atoms with Crippen molar-refractivity contribution in [2.45, 2.75) is 13.3 Å². The molecule has 0 N–H and O–H groups in total. The largest absolute Gasteiger partial charge is 0.310 e. The normalized spacial score (nSPS) is 20.2. The molecule has 1 unspecified atom stereocenters. The topological polar surface area (TPSA) is 33.2 Å². The van der Waals surface area contributed by atoms with Gasteiger partial charge in [-0.1, -0.05) is 6.08 Å². The number of carbonyl (C=O) groups excluding carboxylic acids is 1. The Morgan fingerprint density at radius 3 is 3.00 bits per heavy atom. The van der Waals surface area contributed by atoms with E-state index in [1.54, 1.807) is 11.1 Å². The van der Waals surface area contributed by atoms with Crippen LogP contribution in [0, 0.1) is 12.8 Å². The summed E-state index contributed by atoms with van der Waals surface area (Å²) in [4.78, 5) is 17.8. The molecule has 0 radical (unpaired) electrons. The van der Waals surface area contributed by atoms with E-state index in [0.29, 0.717) is 13.0 Å². The predicted molar refractivity (Wildman–Crippen MR) is 67.3 cm³/mol. The minimum Gasteiger partial charge on any atom is -0.310 e. The molecular formula is C12H13BrN2O. The van der Waals surface area contributed by atoms with Gasteiger partial charge in [-0.25, -0.2) is 4.98 Å². The van der Waals surface area contributed by atoms with Gasteiger partial charge in [0.25, 0.3) is 0 Å². The molecular weight excluding hydrogens is 268 g/mol. The summed E-state index contributed by atoms with van der Waals surface area (Å²) >= 11 is 3.35. The number of halogens is 1. The average molecular weight is 281 g/mol. The SMILES string of the molecule is C=CC1CC(=O)N(c2cnc(Br)c(C)c2)C1. The van der Waals surface area contributed by atoms with Gasteiger partial charge in [0.1, 0.15) is 4.60 Å². The van der Waals surface area contributed by atoms with Gasteiger partial charge in [-0.15, -0.1) is 6.58 Å². The molecule has 2 rings (SSSR count). The van der Waals surface area contributed by atoms with E-state index < -0.39 is 0 Å². The fraction of sp³-hybridized carbons (Fsp3) is 0.333. The Kier molecular flexibility index (Phi) is 3.10. The van der Waals surface area contributed by atoms with E-state index in [1.165, 1.54) is 0 Å². The second-order valence-electron chi connectivity index (χ2n) is 4.01. The van der Waals surface area contributed by atoms with Crippen LogP contribution in [0.1, 0.15) is 12.0 Å². The van der Waals surface area contributed by atoms with Crippen LogP contribution >= 0.6 is 15.9 Å². The first-order valence-corrected chi connectivity index (χ1v) is 5.96. The Balaban J connectivity index is 2.27. The summed E-state index contributed by atoms with van der Waals surface area (Å²) in [6.07, 6.45) is 4.12. The van der Waals surface area contributed by atoms with Gasteiger partial charge in [0.2, 0.25) is 5.91 Å². The number of pyridine rings is 1. The average Bonchev–Trinajstić information content (AvgIpc) is 2.64. The van der Waals surface area contributed by atoms with Crippen molar-refractivity contribution in [1.82, 2.24) is 4.98 Å².